The molecule has 0 fully saturated rings. The fraction of sp³-hybridized carbons (Fsp3) is 0.269. The van der Waals surface area contributed by atoms with E-state index in [1.165, 1.54) is 11.1 Å². The Bertz CT molecular complexity index is 1180. The van der Waals surface area contributed by atoms with Crippen LogP contribution in [0.2, 0.25) is 0 Å². The first kappa shape index (κ1) is 18.1. The van der Waals surface area contributed by atoms with Gasteiger partial charge in [0.1, 0.15) is 0 Å². The molecule has 0 unspecified atom stereocenters. The Labute approximate surface area is 181 Å². The van der Waals surface area contributed by atoms with E-state index in [9.17, 15) is 4.79 Å². The molecule has 30 heavy (non-hydrogen) atoms. The predicted molar refractivity (Wildman–Crippen MR) is 123 cm³/mol. The van der Waals surface area contributed by atoms with Gasteiger partial charge in [-0.25, -0.2) is 0 Å². The van der Waals surface area contributed by atoms with Crippen LogP contribution < -0.4 is 10.2 Å². The van der Waals surface area contributed by atoms with Gasteiger partial charge in [-0.15, -0.1) is 0 Å². The second kappa shape index (κ2) is 5.70. The molecule has 0 saturated carbocycles. The van der Waals surface area contributed by atoms with Gasteiger partial charge < -0.3 is 10.2 Å². The van der Waals surface area contributed by atoms with Crippen LogP contribution in [0.4, 0.5) is 11.4 Å². The maximum Gasteiger partial charge on any atom is 0.268 e. The molecule has 0 radical (unpaired) electrons. The van der Waals surface area contributed by atoms with Crippen molar-refractivity contribution >= 4 is 29.0 Å². The highest BCUT2D eigenvalue weighted by atomic mass is 32.2. The van der Waals surface area contributed by atoms with Crippen LogP contribution >= 0.6 is 11.8 Å². The van der Waals surface area contributed by atoms with Crippen LogP contribution in [-0.4, -0.2) is 11.4 Å². The zero-order chi connectivity index (χ0) is 20.7. The van der Waals surface area contributed by atoms with Gasteiger partial charge in [-0.3, -0.25) is 4.79 Å². The number of nitrogens with one attached hydrogen (secondary N) is 1. The van der Waals surface area contributed by atoms with E-state index < -0.39 is 4.87 Å². The number of carbonyl (C=O) groups excluding carboxylic acids is 1. The number of fused-ring (bicyclic) bond motifs is 2. The van der Waals surface area contributed by atoms with Crippen LogP contribution in [0.25, 0.3) is 0 Å². The molecule has 3 aromatic carbocycles. The van der Waals surface area contributed by atoms with E-state index in [1.54, 1.807) is 11.8 Å². The molecular formula is C26H24N2OS. The molecule has 1 amide bonds. The highest BCUT2D eigenvalue weighted by Gasteiger charge is 2.62. The molecule has 3 aliphatic rings. The van der Waals surface area contributed by atoms with Crippen molar-refractivity contribution in [2.24, 2.45) is 0 Å². The van der Waals surface area contributed by atoms with Crippen LogP contribution in [0.3, 0.4) is 0 Å². The number of thioether (sulfide) groups is 1. The first-order valence-electron chi connectivity index (χ1n) is 10.5. The van der Waals surface area contributed by atoms with Gasteiger partial charge in [0.15, 0.2) is 4.87 Å². The van der Waals surface area contributed by atoms with Crippen molar-refractivity contribution in [2.45, 2.75) is 47.9 Å². The monoisotopic (exact) mass is 412 g/mol. The Hall–Kier alpha value is -2.72. The van der Waals surface area contributed by atoms with Crippen LogP contribution in [-0.2, 0) is 15.1 Å². The first-order chi connectivity index (χ1) is 14.4. The summed E-state index contributed by atoms with van der Waals surface area (Å²) in [5, 5.41) is 3.61. The van der Waals surface area contributed by atoms with E-state index in [0.717, 1.165) is 28.3 Å². The number of carbonyl (C=O) groups is 1. The SMILES string of the molecule is CC1(C)C[C@@](C)(c2ccccc2)c2cccc3c2N1C(=O)[C@@]31Nc2ccccc2S1. The van der Waals surface area contributed by atoms with Gasteiger partial charge in [0, 0.05) is 27.1 Å². The Morgan fingerprint density at radius 2 is 1.57 bits per heavy atom. The number of amides is 1. The quantitative estimate of drug-likeness (QED) is 0.541. The number of benzene rings is 3. The summed E-state index contributed by atoms with van der Waals surface area (Å²) < 4.78 is 0. The third-order valence-corrected chi connectivity index (χ3v) is 8.38. The van der Waals surface area contributed by atoms with Gasteiger partial charge in [0.25, 0.3) is 5.91 Å². The Morgan fingerprint density at radius 3 is 2.33 bits per heavy atom. The van der Waals surface area contributed by atoms with E-state index >= 15 is 0 Å². The number of hydrogen-bond donors (Lipinski definition) is 1. The van der Waals surface area contributed by atoms with Crippen molar-refractivity contribution in [3.63, 3.8) is 0 Å². The molecule has 150 valence electrons. The van der Waals surface area contributed by atoms with Crippen LogP contribution in [0.15, 0.2) is 77.7 Å². The van der Waals surface area contributed by atoms with Gasteiger partial charge >= 0.3 is 0 Å². The topological polar surface area (TPSA) is 32.3 Å². The molecule has 0 bridgehead atoms. The van der Waals surface area contributed by atoms with Crippen LogP contribution in [0.1, 0.15) is 43.9 Å². The van der Waals surface area contributed by atoms with E-state index in [4.69, 9.17) is 0 Å². The zero-order valence-corrected chi connectivity index (χ0v) is 18.2. The molecular weight excluding hydrogens is 388 g/mol. The van der Waals surface area contributed by atoms with Gasteiger partial charge in [-0.1, -0.05) is 79.3 Å². The summed E-state index contributed by atoms with van der Waals surface area (Å²) in [6.45, 7) is 6.74. The number of rotatable bonds is 1. The van der Waals surface area contributed by atoms with E-state index in [-0.39, 0.29) is 16.9 Å². The summed E-state index contributed by atoms with van der Waals surface area (Å²) in [5.41, 5.74) is 5.31. The molecule has 3 aromatic rings. The van der Waals surface area contributed by atoms with Gasteiger partial charge in [0.2, 0.25) is 0 Å². The number of nitrogens with zero attached hydrogens (tertiary/aromatic N) is 1. The van der Waals surface area contributed by atoms with E-state index in [2.05, 4.69) is 91.7 Å². The second-order valence-corrected chi connectivity index (χ2v) is 10.7. The van der Waals surface area contributed by atoms with Crippen molar-refractivity contribution in [1.29, 1.82) is 0 Å². The third kappa shape index (κ3) is 2.10. The average molecular weight is 413 g/mol. The molecule has 1 N–H and O–H groups in total. The van der Waals surface area contributed by atoms with Gasteiger partial charge in [-0.2, -0.15) is 0 Å². The smallest absolute Gasteiger partial charge is 0.268 e. The molecule has 0 saturated heterocycles. The van der Waals surface area contributed by atoms with Gasteiger partial charge in [0.05, 0.1) is 5.69 Å². The maximum atomic E-state index is 14.1. The van der Waals surface area contributed by atoms with Crippen LogP contribution in [0, 0.1) is 0 Å². The fourth-order valence-corrected chi connectivity index (χ4v) is 7.15. The van der Waals surface area contributed by atoms with Gasteiger partial charge in [-0.05, 0) is 43.5 Å². The van der Waals surface area contributed by atoms with Crippen molar-refractivity contribution in [3.8, 4) is 0 Å². The Kier molecular flexibility index (Phi) is 3.44. The fourth-order valence-electron chi connectivity index (χ4n) is 5.83. The minimum absolute atomic E-state index is 0.145. The minimum Gasteiger partial charge on any atom is -0.358 e. The van der Waals surface area contributed by atoms with Crippen molar-refractivity contribution in [1.82, 2.24) is 0 Å². The largest absolute Gasteiger partial charge is 0.358 e. The molecule has 2 atom stereocenters. The summed E-state index contributed by atoms with van der Waals surface area (Å²) >= 11 is 1.65. The molecule has 3 heterocycles. The lowest BCUT2D eigenvalue weighted by molar-refractivity contribution is -0.120. The molecule has 0 aromatic heterocycles. The molecule has 4 heteroatoms. The van der Waals surface area contributed by atoms with Crippen molar-refractivity contribution in [3.05, 3.63) is 89.5 Å². The summed E-state index contributed by atoms with van der Waals surface area (Å²) in [5.74, 6) is 0.145. The number of para-hydroxylation sites is 2. The maximum absolute atomic E-state index is 14.1. The molecule has 0 aliphatic carbocycles. The summed E-state index contributed by atoms with van der Waals surface area (Å²) in [6, 6.07) is 25.4. The summed E-state index contributed by atoms with van der Waals surface area (Å²) in [6.07, 6.45) is 0.875. The van der Waals surface area contributed by atoms with E-state index in [1.807, 2.05) is 12.1 Å². The summed E-state index contributed by atoms with van der Waals surface area (Å²) in [4.78, 5) is 16.5. The Morgan fingerprint density at radius 1 is 0.867 bits per heavy atom. The summed E-state index contributed by atoms with van der Waals surface area (Å²) in [7, 11) is 0. The lowest BCUT2D eigenvalue weighted by Crippen LogP contribution is -2.56. The molecule has 6 rings (SSSR count). The molecule has 3 aliphatic heterocycles. The predicted octanol–water partition coefficient (Wildman–Crippen LogP) is 5.89. The number of hydrogen-bond acceptors (Lipinski definition) is 3. The highest BCUT2D eigenvalue weighted by molar-refractivity contribution is 8.01. The van der Waals surface area contributed by atoms with Crippen molar-refractivity contribution < 1.29 is 4.79 Å². The zero-order valence-electron chi connectivity index (χ0n) is 17.4. The first-order valence-corrected chi connectivity index (χ1v) is 11.3. The molecule has 3 nitrogen and oxygen atoms in total. The Balaban J connectivity index is 1.62. The minimum atomic E-state index is -0.783. The lowest BCUT2D eigenvalue weighted by Gasteiger charge is -2.50. The standard InChI is InChI=1S/C26H24N2OS/c1-24(2)16-25(3,17-10-5-4-6-11-17)18-12-9-13-19-22(18)28(24)23(29)26(19)27-20-14-7-8-15-21(20)30-26/h4-15,27H,16H2,1-3H3/t25-,26+/m0/s1. The third-order valence-electron chi connectivity index (χ3n) is 7.00. The lowest BCUT2D eigenvalue weighted by atomic mass is 9.65. The highest BCUT2D eigenvalue weighted by Crippen LogP contribution is 2.63. The second-order valence-electron chi connectivity index (χ2n) is 9.43. The molecule has 1 spiro atoms. The average Bonchev–Trinajstić information content (AvgIpc) is 3.24. The van der Waals surface area contributed by atoms with Crippen LogP contribution in [0.5, 0.6) is 0 Å². The number of anilines is 2. The van der Waals surface area contributed by atoms with Crippen molar-refractivity contribution in [2.75, 3.05) is 10.2 Å². The normalized spacial score (nSPS) is 27.7. The van der Waals surface area contributed by atoms with E-state index in [0.29, 0.717) is 0 Å².